The second-order valence-corrected chi connectivity index (χ2v) is 3.56. The molecule has 0 saturated heterocycles. The van der Waals surface area contributed by atoms with Gasteiger partial charge in [-0.25, -0.2) is 0 Å². The quantitative estimate of drug-likeness (QED) is 0.715. The van der Waals surface area contributed by atoms with Crippen LogP contribution < -0.4 is 5.32 Å². The number of nitrogens with one attached hydrogen (secondary N) is 1. The molecule has 0 aromatic heterocycles. The van der Waals surface area contributed by atoms with Gasteiger partial charge in [-0.15, -0.1) is 3.89 Å². The van der Waals surface area contributed by atoms with Gasteiger partial charge in [-0.05, 0) is 18.2 Å². The minimum absolute atomic E-state index is 0.325. The molecule has 66 valence electrons. The van der Waals surface area contributed by atoms with Crippen LogP contribution in [0.2, 0.25) is 0 Å². The van der Waals surface area contributed by atoms with Crippen molar-refractivity contribution in [2.45, 2.75) is 4.90 Å². The van der Waals surface area contributed by atoms with E-state index in [1.54, 1.807) is 13.1 Å². The highest BCUT2D eigenvalue weighted by Crippen LogP contribution is 2.16. The van der Waals surface area contributed by atoms with E-state index in [4.69, 9.17) is 0 Å². The zero-order valence-electron chi connectivity index (χ0n) is 6.41. The third-order valence-electron chi connectivity index (χ3n) is 1.40. The predicted octanol–water partition coefficient (Wildman–Crippen LogP) is 1.39. The topological polar surface area (TPSA) is 46.2 Å². The Hall–Kier alpha value is -1.10. The Morgan fingerprint density at radius 2 is 2.08 bits per heavy atom. The molecule has 1 rings (SSSR count). The molecule has 0 radical (unpaired) electrons. The zero-order valence-corrected chi connectivity index (χ0v) is 7.23. The molecule has 0 fully saturated rings. The van der Waals surface area contributed by atoms with Gasteiger partial charge in [-0.3, -0.25) is 0 Å². The molecular weight excluding hydrogens is 181 g/mol. The van der Waals surface area contributed by atoms with Crippen molar-refractivity contribution < 1.29 is 12.3 Å². The first-order chi connectivity index (χ1) is 5.54. The van der Waals surface area contributed by atoms with E-state index in [9.17, 15) is 12.3 Å². The lowest BCUT2D eigenvalue weighted by Gasteiger charge is -1.99. The molecule has 0 amide bonds. The van der Waals surface area contributed by atoms with Crippen LogP contribution in [-0.2, 0) is 10.2 Å². The van der Waals surface area contributed by atoms with Gasteiger partial charge >= 0.3 is 10.2 Å². The Morgan fingerprint density at radius 3 is 2.58 bits per heavy atom. The van der Waals surface area contributed by atoms with Crippen LogP contribution >= 0.6 is 0 Å². The maximum atomic E-state index is 12.4. The van der Waals surface area contributed by atoms with Crippen LogP contribution in [-0.4, -0.2) is 15.5 Å². The Morgan fingerprint density at radius 1 is 1.42 bits per heavy atom. The van der Waals surface area contributed by atoms with E-state index in [-0.39, 0.29) is 4.90 Å². The monoisotopic (exact) mass is 189 g/mol. The van der Waals surface area contributed by atoms with Gasteiger partial charge in [0.25, 0.3) is 0 Å². The number of hydrogen-bond donors (Lipinski definition) is 1. The highest BCUT2D eigenvalue weighted by atomic mass is 32.3. The van der Waals surface area contributed by atoms with Crippen LogP contribution in [0, 0.1) is 0 Å². The van der Waals surface area contributed by atoms with Gasteiger partial charge in [0.2, 0.25) is 0 Å². The molecule has 3 nitrogen and oxygen atoms in total. The molecular formula is C7H8FNO2S. The maximum Gasteiger partial charge on any atom is 0.332 e. The van der Waals surface area contributed by atoms with Gasteiger partial charge in [0.05, 0.1) is 0 Å². The summed E-state index contributed by atoms with van der Waals surface area (Å²) in [4.78, 5) is -0.325. The van der Waals surface area contributed by atoms with E-state index in [1.807, 2.05) is 0 Å². The summed E-state index contributed by atoms with van der Waals surface area (Å²) in [7, 11) is -2.95. The average Bonchev–Trinajstić information content (AvgIpc) is 2.03. The molecule has 0 spiro atoms. The molecule has 0 aliphatic rings. The summed E-state index contributed by atoms with van der Waals surface area (Å²) >= 11 is 0. The molecule has 0 aliphatic heterocycles. The summed E-state index contributed by atoms with van der Waals surface area (Å²) in [6.07, 6.45) is 0. The minimum Gasteiger partial charge on any atom is -0.388 e. The van der Waals surface area contributed by atoms with Crippen molar-refractivity contribution in [1.82, 2.24) is 0 Å². The summed E-state index contributed by atoms with van der Waals surface area (Å²) in [5.41, 5.74) is 0.564. The van der Waals surface area contributed by atoms with Gasteiger partial charge in [0.15, 0.2) is 0 Å². The molecule has 0 bridgehead atoms. The lowest BCUT2D eigenvalue weighted by molar-refractivity contribution is 0.552. The van der Waals surface area contributed by atoms with Crippen LogP contribution in [0.3, 0.4) is 0 Å². The van der Waals surface area contributed by atoms with Gasteiger partial charge in [0, 0.05) is 12.7 Å². The summed E-state index contributed by atoms with van der Waals surface area (Å²) in [6, 6.07) is 5.55. The van der Waals surface area contributed by atoms with Crippen molar-refractivity contribution in [3.8, 4) is 0 Å². The normalized spacial score (nSPS) is 11.2. The molecule has 0 atom stereocenters. The third kappa shape index (κ3) is 1.94. The highest BCUT2D eigenvalue weighted by molar-refractivity contribution is 7.86. The van der Waals surface area contributed by atoms with Gasteiger partial charge < -0.3 is 5.32 Å². The fourth-order valence-corrected chi connectivity index (χ4v) is 1.31. The largest absolute Gasteiger partial charge is 0.388 e. The minimum atomic E-state index is -4.58. The van der Waals surface area contributed by atoms with Crippen molar-refractivity contribution in [1.29, 1.82) is 0 Å². The second-order valence-electron chi connectivity index (χ2n) is 2.22. The van der Waals surface area contributed by atoms with Crippen LogP contribution in [0.25, 0.3) is 0 Å². The first kappa shape index (κ1) is 8.99. The molecule has 0 aliphatic carbocycles. The fraction of sp³-hybridized carbons (Fsp3) is 0.143. The molecule has 0 unspecified atom stereocenters. The molecule has 12 heavy (non-hydrogen) atoms. The number of rotatable bonds is 2. The molecule has 0 heterocycles. The lowest BCUT2D eigenvalue weighted by Crippen LogP contribution is -1.94. The predicted molar refractivity (Wildman–Crippen MR) is 44.3 cm³/mol. The lowest BCUT2D eigenvalue weighted by atomic mass is 10.3. The summed E-state index contributed by atoms with van der Waals surface area (Å²) in [5, 5.41) is 2.71. The second kappa shape index (κ2) is 3.10. The Balaban J connectivity index is 3.20. The Labute approximate surface area is 70.4 Å². The number of hydrogen-bond acceptors (Lipinski definition) is 3. The van der Waals surface area contributed by atoms with E-state index < -0.39 is 10.2 Å². The molecule has 1 N–H and O–H groups in total. The first-order valence-electron chi connectivity index (χ1n) is 3.26. The molecule has 0 saturated carbocycles. The van der Waals surface area contributed by atoms with Gasteiger partial charge in [0.1, 0.15) is 4.90 Å². The van der Waals surface area contributed by atoms with Crippen LogP contribution in [0.15, 0.2) is 29.2 Å². The molecule has 5 heteroatoms. The van der Waals surface area contributed by atoms with Gasteiger partial charge in [-0.1, -0.05) is 6.07 Å². The van der Waals surface area contributed by atoms with Crippen molar-refractivity contribution >= 4 is 15.9 Å². The number of benzene rings is 1. The smallest absolute Gasteiger partial charge is 0.332 e. The van der Waals surface area contributed by atoms with Crippen LogP contribution in [0.5, 0.6) is 0 Å². The summed E-state index contributed by atoms with van der Waals surface area (Å²) in [5.74, 6) is 0. The SMILES string of the molecule is CNc1cccc(S(=O)(=O)F)c1. The van der Waals surface area contributed by atoms with E-state index in [2.05, 4.69) is 5.32 Å². The molecule has 1 aromatic rings. The third-order valence-corrected chi connectivity index (χ3v) is 2.22. The van der Waals surface area contributed by atoms with E-state index in [0.29, 0.717) is 5.69 Å². The zero-order chi connectivity index (χ0) is 9.19. The maximum absolute atomic E-state index is 12.4. The van der Waals surface area contributed by atoms with Crippen LogP contribution in [0.1, 0.15) is 0 Å². The average molecular weight is 189 g/mol. The summed E-state index contributed by atoms with van der Waals surface area (Å²) in [6.45, 7) is 0. The number of halogens is 1. The van der Waals surface area contributed by atoms with E-state index in [1.165, 1.54) is 18.2 Å². The Kier molecular flexibility index (Phi) is 2.32. The summed E-state index contributed by atoms with van der Waals surface area (Å²) < 4.78 is 33.2. The van der Waals surface area contributed by atoms with Crippen molar-refractivity contribution in [2.24, 2.45) is 0 Å². The van der Waals surface area contributed by atoms with Gasteiger partial charge in [-0.2, -0.15) is 8.42 Å². The van der Waals surface area contributed by atoms with E-state index in [0.717, 1.165) is 0 Å². The van der Waals surface area contributed by atoms with E-state index >= 15 is 0 Å². The van der Waals surface area contributed by atoms with Crippen LogP contribution in [0.4, 0.5) is 9.57 Å². The van der Waals surface area contributed by atoms with Crippen molar-refractivity contribution in [3.05, 3.63) is 24.3 Å². The first-order valence-corrected chi connectivity index (χ1v) is 4.65. The van der Waals surface area contributed by atoms with Crippen molar-refractivity contribution in [2.75, 3.05) is 12.4 Å². The highest BCUT2D eigenvalue weighted by Gasteiger charge is 2.10. The Bertz CT molecular complexity index is 375. The number of anilines is 1. The van der Waals surface area contributed by atoms with Crippen molar-refractivity contribution in [3.63, 3.8) is 0 Å². The molecule has 1 aromatic carbocycles. The standard InChI is InChI=1S/C7H8FNO2S/c1-9-6-3-2-4-7(5-6)12(8,10)11/h2-5,9H,1H3. The fourth-order valence-electron chi connectivity index (χ4n) is 0.803.